The van der Waals surface area contributed by atoms with E-state index in [9.17, 15) is 9.59 Å². The number of pyridine rings is 1. The highest BCUT2D eigenvalue weighted by atomic mass is 16.2. The summed E-state index contributed by atoms with van der Waals surface area (Å²) >= 11 is 0. The predicted molar refractivity (Wildman–Crippen MR) is 105 cm³/mol. The number of rotatable bonds is 4. The van der Waals surface area contributed by atoms with Gasteiger partial charge < -0.3 is 10.2 Å². The first kappa shape index (κ1) is 17.5. The van der Waals surface area contributed by atoms with Crippen molar-refractivity contribution in [2.24, 2.45) is 11.3 Å². The summed E-state index contributed by atoms with van der Waals surface area (Å²) < 4.78 is 0. The maximum atomic E-state index is 12.5. The number of aromatic nitrogens is 1. The summed E-state index contributed by atoms with van der Waals surface area (Å²) in [5.74, 6) is 0.206. The number of hydrogen-bond acceptors (Lipinski definition) is 3. The molecule has 5 nitrogen and oxygen atoms in total. The molecule has 2 amide bonds. The summed E-state index contributed by atoms with van der Waals surface area (Å²) in [7, 11) is 0. The molecule has 1 saturated heterocycles. The van der Waals surface area contributed by atoms with Crippen LogP contribution in [0.15, 0.2) is 60.9 Å². The average Bonchev–Trinajstić information content (AvgIpc) is 3.42. The van der Waals surface area contributed by atoms with Crippen molar-refractivity contribution >= 4 is 23.6 Å². The number of anilines is 1. The Morgan fingerprint density at radius 2 is 1.89 bits per heavy atom. The van der Waals surface area contributed by atoms with Gasteiger partial charge in [0, 0.05) is 43.2 Å². The van der Waals surface area contributed by atoms with E-state index < -0.39 is 0 Å². The summed E-state index contributed by atoms with van der Waals surface area (Å²) in [5.41, 5.74) is 1.85. The van der Waals surface area contributed by atoms with Gasteiger partial charge in [-0.05, 0) is 54.5 Å². The van der Waals surface area contributed by atoms with Crippen LogP contribution in [0.5, 0.6) is 0 Å². The van der Waals surface area contributed by atoms with E-state index in [4.69, 9.17) is 0 Å². The van der Waals surface area contributed by atoms with Gasteiger partial charge in [0.25, 0.3) is 0 Å². The Labute approximate surface area is 159 Å². The van der Waals surface area contributed by atoms with Gasteiger partial charge in [-0.2, -0.15) is 0 Å². The predicted octanol–water partition coefficient (Wildman–Crippen LogP) is 3.36. The first-order chi connectivity index (χ1) is 13.2. The van der Waals surface area contributed by atoms with Gasteiger partial charge >= 0.3 is 0 Å². The van der Waals surface area contributed by atoms with Crippen molar-refractivity contribution in [2.45, 2.75) is 19.3 Å². The van der Waals surface area contributed by atoms with Crippen molar-refractivity contribution in [1.29, 1.82) is 0 Å². The van der Waals surface area contributed by atoms with E-state index in [0.29, 0.717) is 13.1 Å². The molecule has 27 heavy (non-hydrogen) atoms. The molecular formula is C22H23N3O2. The Morgan fingerprint density at radius 3 is 2.59 bits per heavy atom. The van der Waals surface area contributed by atoms with Crippen LogP contribution in [0.1, 0.15) is 24.8 Å². The second-order valence-corrected chi connectivity index (χ2v) is 7.42. The number of carbonyl (C=O) groups is 2. The second kappa shape index (κ2) is 7.35. The molecule has 2 fully saturated rings. The number of amides is 2. The molecule has 1 aromatic heterocycles. The number of benzene rings is 1. The molecule has 1 spiro atoms. The van der Waals surface area contributed by atoms with Crippen LogP contribution in [0.4, 0.5) is 5.69 Å². The number of likely N-dealkylation sites (tertiary alicyclic amines) is 1. The fraction of sp³-hybridized carbons (Fsp3) is 0.318. The second-order valence-electron chi connectivity index (χ2n) is 7.42. The molecule has 5 heteroatoms. The molecule has 1 aromatic carbocycles. The minimum absolute atomic E-state index is 0.0274. The third kappa shape index (κ3) is 3.92. The summed E-state index contributed by atoms with van der Waals surface area (Å²) in [6.07, 6.45) is 9.57. The quantitative estimate of drug-likeness (QED) is 0.850. The molecule has 2 aromatic rings. The Hall–Kier alpha value is -2.95. The highest BCUT2D eigenvalue weighted by Crippen LogP contribution is 2.59. The zero-order valence-corrected chi connectivity index (χ0v) is 15.2. The van der Waals surface area contributed by atoms with Gasteiger partial charge in [-0.15, -0.1) is 0 Å². The van der Waals surface area contributed by atoms with Gasteiger partial charge in [0.1, 0.15) is 0 Å². The van der Waals surface area contributed by atoms with Gasteiger partial charge in [0.2, 0.25) is 11.8 Å². The van der Waals surface area contributed by atoms with Crippen LogP contribution in [-0.2, 0) is 9.59 Å². The lowest BCUT2D eigenvalue weighted by molar-refractivity contribution is -0.127. The van der Waals surface area contributed by atoms with E-state index in [-0.39, 0.29) is 23.1 Å². The van der Waals surface area contributed by atoms with Gasteiger partial charge in [-0.3, -0.25) is 14.6 Å². The zero-order chi connectivity index (χ0) is 18.7. The van der Waals surface area contributed by atoms with E-state index in [1.807, 2.05) is 47.4 Å². The van der Waals surface area contributed by atoms with Gasteiger partial charge in [-0.25, -0.2) is 0 Å². The Balaban J connectivity index is 1.29. The van der Waals surface area contributed by atoms with Crippen LogP contribution in [-0.4, -0.2) is 34.8 Å². The van der Waals surface area contributed by atoms with Crippen LogP contribution in [0.3, 0.4) is 0 Å². The maximum absolute atomic E-state index is 12.5. The molecule has 1 aliphatic heterocycles. The first-order valence-corrected chi connectivity index (χ1v) is 9.39. The van der Waals surface area contributed by atoms with Gasteiger partial charge in [0.15, 0.2) is 0 Å². The number of para-hydroxylation sites is 1. The highest BCUT2D eigenvalue weighted by molar-refractivity contribution is 5.95. The molecule has 2 aliphatic rings. The summed E-state index contributed by atoms with van der Waals surface area (Å²) in [4.78, 5) is 30.8. The molecular weight excluding hydrogens is 338 g/mol. The fourth-order valence-electron chi connectivity index (χ4n) is 3.94. The highest BCUT2D eigenvalue weighted by Gasteiger charge is 2.58. The number of nitrogens with one attached hydrogen (secondary N) is 1. The zero-order valence-electron chi connectivity index (χ0n) is 15.2. The van der Waals surface area contributed by atoms with Crippen molar-refractivity contribution in [1.82, 2.24) is 9.88 Å². The van der Waals surface area contributed by atoms with Crippen LogP contribution in [0, 0.1) is 11.3 Å². The van der Waals surface area contributed by atoms with Crippen molar-refractivity contribution in [2.75, 3.05) is 18.4 Å². The van der Waals surface area contributed by atoms with Crippen LogP contribution >= 0.6 is 0 Å². The minimum Gasteiger partial charge on any atom is -0.339 e. The smallest absolute Gasteiger partial charge is 0.246 e. The standard InChI is InChI=1S/C22H23N3O2/c26-20(9-8-17-5-4-12-23-16-17)25-13-10-22(11-14-25)15-19(22)21(27)24-18-6-2-1-3-7-18/h1-9,12,16,19H,10-11,13-15H2,(H,24,27)/b9-8+. The van der Waals surface area contributed by atoms with Gasteiger partial charge in [-0.1, -0.05) is 24.3 Å². The number of nitrogens with zero attached hydrogens (tertiary/aromatic N) is 2. The molecule has 2 heterocycles. The average molecular weight is 361 g/mol. The lowest BCUT2D eigenvalue weighted by Crippen LogP contribution is -2.39. The van der Waals surface area contributed by atoms with E-state index in [1.165, 1.54) is 0 Å². The minimum atomic E-state index is 0.0274. The molecule has 1 N–H and O–H groups in total. The van der Waals surface area contributed by atoms with Crippen LogP contribution < -0.4 is 5.32 Å². The Morgan fingerprint density at radius 1 is 1.11 bits per heavy atom. The number of hydrogen-bond donors (Lipinski definition) is 1. The third-order valence-electron chi connectivity index (χ3n) is 5.72. The van der Waals surface area contributed by atoms with E-state index in [2.05, 4.69) is 10.3 Å². The SMILES string of the molecule is O=C(Nc1ccccc1)C1CC12CCN(C(=O)/C=C/c1cccnc1)CC2. The lowest BCUT2D eigenvalue weighted by atomic mass is 9.90. The van der Waals surface area contributed by atoms with Crippen molar-refractivity contribution in [3.63, 3.8) is 0 Å². The molecule has 4 rings (SSSR count). The topological polar surface area (TPSA) is 62.3 Å². The van der Waals surface area contributed by atoms with Gasteiger partial charge in [0.05, 0.1) is 0 Å². The van der Waals surface area contributed by atoms with E-state index in [1.54, 1.807) is 24.5 Å². The largest absolute Gasteiger partial charge is 0.339 e. The summed E-state index contributed by atoms with van der Waals surface area (Å²) in [5, 5.41) is 3.01. The molecule has 1 atom stereocenters. The third-order valence-corrected chi connectivity index (χ3v) is 5.72. The van der Waals surface area contributed by atoms with Crippen molar-refractivity contribution < 1.29 is 9.59 Å². The first-order valence-electron chi connectivity index (χ1n) is 9.39. The molecule has 0 radical (unpaired) electrons. The lowest BCUT2D eigenvalue weighted by Gasteiger charge is -2.32. The number of carbonyl (C=O) groups excluding carboxylic acids is 2. The fourth-order valence-corrected chi connectivity index (χ4v) is 3.94. The molecule has 1 unspecified atom stereocenters. The van der Waals surface area contributed by atoms with Crippen LogP contribution in [0.25, 0.3) is 6.08 Å². The monoisotopic (exact) mass is 361 g/mol. The molecule has 1 saturated carbocycles. The number of piperidine rings is 1. The molecule has 138 valence electrons. The molecule has 0 bridgehead atoms. The normalized spacial score (nSPS) is 20.6. The summed E-state index contributed by atoms with van der Waals surface area (Å²) in [6, 6.07) is 13.4. The van der Waals surface area contributed by atoms with Crippen molar-refractivity contribution in [3.8, 4) is 0 Å². The maximum Gasteiger partial charge on any atom is 0.246 e. The Kier molecular flexibility index (Phi) is 4.75. The molecule has 1 aliphatic carbocycles. The summed E-state index contributed by atoms with van der Waals surface area (Å²) in [6.45, 7) is 1.43. The van der Waals surface area contributed by atoms with Crippen molar-refractivity contribution in [3.05, 3.63) is 66.5 Å². The Bertz CT molecular complexity index is 840. The van der Waals surface area contributed by atoms with E-state index in [0.717, 1.165) is 30.5 Å². The van der Waals surface area contributed by atoms with Crippen LogP contribution in [0.2, 0.25) is 0 Å². The van der Waals surface area contributed by atoms with E-state index >= 15 is 0 Å².